The first-order valence-corrected chi connectivity index (χ1v) is 7.70. The molecule has 4 nitrogen and oxygen atoms in total. The zero-order chi connectivity index (χ0) is 15.5. The number of aliphatic hydroxyl groups is 1. The number of benzene rings is 2. The van der Waals surface area contributed by atoms with Crippen molar-refractivity contribution in [2.75, 3.05) is 26.8 Å². The van der Waals surface area contributed by atoms with Gasteiger partial charge in [-0.25, -0.2) is 0 Å². The Balaban J connectivity index is 1.95. The van der Waals surface area contributed by atoms with Crippen molar-refractivity contribution in [2.45, 2.75) is 12.8 Å². The van der Waals surface area contributed by atoms with Gasteiger partial charge >= 0.3 is 0 Å². The molecule has 1 aliphatic rings. The monoisotopic (exact) mass is 299 g/mol. The molecule has 1 atom stereocenters. The Labute approximate surface area is 130 Å². The highest BCUT2D eigenvalue weighted by Crippen LogP contribution is 2.28. The standard InChI is InChI=1S/C18H21NO3/c1-22-17-10-15-7-3-2-6-14(15)9-16(17)18(21)19-8-4-5-13(11-19)12-20/h2-3,6-7,9-10,13,20H,4-5,8,11-12H2,1H3. The Kier molecular flexibility index (Phi) is 4.29. The smallest absolute Gasteiger partial charge is 0.257 e. The van der Waals surface area contributed by atoms with Crippen LogP contribution in [-0.4, -0.2) is 42.7 Å². The number of piperidine rings is 1. The maximum absolute atomic E-state index is 12.8. The van der Waals surface area contributed by atoms with Crippen LogP contribution in [-0.2, 0) is 0 Å². The van der Waals surface area contributed by atoms with Gasteiger partial charge in [0.05, 0.1) is 12.7 Å². The minimum Gasteiger partial charge on any atom is -0.496 e. The molecule has 22 heavy (non-hydrogen) atoms. The van der Waals surface area contributed by atoms with Crippen LogP contribution >= 0.6 is 0 Å². The Morgan fingerprint density at radius 2 is 2.05 bits per heavy atom. The number of carbonyl (C=O) groups excluding carboxylic acids is 1. The van der Waals surface area contributed by atoms with E-state index in [1.54, 1.807) is 7.11 Å². The number of likely N-dealkylation sites (tertiary alicyclic amines) is 1. The topological polar surface area (TPSA) is 49.8 Å². The van der Waals surface area contributed by atoms with Crippen LogP contribution < -0.4 is 4.74 Å². The summed E-state index contributed by atoms with van der Waals surface area (Å²) in [6, 6.07) is 11.8. The van der Waals surface area contributed by atoms with Crippen LogP contribution in [0.25, 0.3) is 10.8 Å². The van der Waals surface area contributed by atoms with E-state index in [1.807, 2.05) is 41.3 Å². The highest BCUT2D eigenvalue weighted by molar-refractivity contribution is 6.01. The lowest BCUT2D eigenvalue weighted by Crippen LogP contribution is -2.41. The summed E-state index contributed by atoms with van der Waals surface area (Å²) in [6.07, 6.45) is 1.92. The lowest BCUT2D eigenvalue weighted by atomic mass is 9.97. The molecule has 2 aromatic carbocycles. The fourth-order valence-electron chi connectivity index (χ4n) is 3.12. The summed E-state index contributed by atoms with van der Waals surface area (Å²) in [7, 11) is 1.59. The molecule has 0 aliphatic carbocycles. The van der Waals surface area contributed by atoms with Crippen molar-refractivity contribution in [3.8, 4) is 5.75 Å². The first kappa shape index (κ1) is 14.9. The molecule has 4 heteroatoms. The summed E-state index contributed by atoms with van der Waals surface area (Å²) in [5.74, 6) is 0.778. The molecule has 0 saturated carbocycles. The molecule has 1 heterocycles. The highest BCUT2D eigenvalue weighted by Gasteiger charge is 2.26. The highest BCUT2D eigenvalue weighted by atomic mass is 16.5. The molecule has 3 rings (SSSR count). The van der Waals surface area contributed by atoms with E-state index in [-0.39, 0.29) is 18.4 Å². The maximum atomic E-state index is 12.8. The average molecular weight is 299 g/mol. The third kappa shape index (κ3) is 2.79. The Morgan fingerprint density at radius 1 is 1.32 bits per heavy atom. The van der Waals surface area contributed by atoms with Gasteiger partial charge in [0.1, 0.15) is 5.75 Å². The van der Waals surface area contributed by atoms with Crippen LogP contribution in [0.5, 0.6) is 5.75 Å². The number of carbonyl (C=O) groups is 1. The Bertz CT molecular complexity index is 683. The summed E-state index contributed by atoms with van der Waals surface area (Å²) < 4.78 is 5.42. The van der Waals surface area contributed by atoms with Gasteiger partial charge in [-0.15, -0.1) is 0 Å². The largest absolute Gasteiger partial charge is 0.496 e. The van der Waals surface area contributed by atoms with Gasteiger partial charge in [-0.2, -0.15) is 0 Å². The molecule has 1 saturated heterocycles. The van der Waals surface area contributed by atoms with Crippen molar-refractivity contribution in [1.29, 1.82) is 0 Å². The quantitative estimate of drug-likeness (QED) is 0.948. The second kappa shape index (κ2) is 6.36. The van der Waals surface area contributed by atoms with E-state index in [9.17, 15) is 9.90 Å². The average Bonchev–Trinajstić information content (AvgIpc) is 2.59. The van der Waals surface area contributed by atoms with E-state index in [1.165, 1.54) is 0 Å². The van der Waals surface area contributed by atoms with E-state index in [0.717, 1.165) is 30.2 Å². The lowest BCUT2D eigenvalue weighted by molar-refractivity contribution is 0.0618. The molecule has 1 aliphatic heterocycles. The zero-order valence-corrected chi connectivity index (χ0v) is 12.8. The van der Waals surface area contributed by atoms with Gasteiger partial charge in [0.15, 0.2) is 0 Å². The van der Waals surface area contributed by atoms with Crippen molar-refractivity contribution in [1.82, 2.24) is 4.90 Å². The fourth-order valence-corrected chi connectivity index (χ4v) is 3.12. The van der Waals surface area contributed by atoms with E-state index in [0.29, 0.717) is 17.9 Å². The number of rotatable bonds is 3. The third-order valence-electron chi connectivity index (χ3n) is 4.36. The van der Waals surface area contributed by atoms with Gasteiger partial charge in [0.25, 0.3) is 5.91 Å². The second-order valence-electron chi connectivity index (χ2n) is 5.84. The molecule has 1 N–H and O–H groups in total. The molecule has 2 aromatic rings. The fraction of sp³-hybridized carbons (Fsp3) is 0.389. The van der Waals surface area contributed by atoms with E-state index >= 15 is 0 Å². The van der Waals surface area contributed by atoms with Crippen molar-refractivity contribution < 1.29 is 14.6 Å². The molecule has 116 valence electrons. The van der Waals surface area contributed by atoms with Gasteiger partial charge in [0.2, 0.25) is 0 Å². The molecular weight excluding hydrogens is 278 g/mol. The van der Waals surface area contributed by atoms with Gasteiger partial charge in [0, 0.05) is 19.7 Å². The Morgan fingerprint density at radius 3 is 2.73 bits per heavy atom. The number of nitrogens with zero attached hydrogens (tertiary/aromatic N) is 1. The van der Waals surface area contributed by atoms with Crippen LogP contribution in [0.3, 0.4) is 0 Å². The van der Waals surface area contributed by atoms with Crippen molar-refractivity contribution in [3.05, 3.63) is 42.0 Å². The van der Waals surface area contributed by atoms with Gasteiger partial charge in [-0.3, -0.25) is 4.79 Å². The molecule has 0 radical (unpaired) electrons. The summed E-state index contributed by atoms with van der Waals surface area (Å²) in [5, 5.41) is 11.4. The van der Waals surface area contributed by atoms with E-state index < -0.39 is 0 Å². The summed E-state index contributed by atoms with van der Waals surface area (Å²) in [6.45, 7) is 1.50. The van der Waals surface area contributed by atoms with Crippen molar-refractivity contribution >= 4 is 16.7 Å². The zero-order valence-electron chi connectivity index (χ0n) is 12.8. The third-order valence-corrected chi connectivity index (χ3v) is 4.36. The number of aliphatic hydroxyl groups excluding tert-OH is 1. The predicted molar refractivity (Wildman–Crippen MR) is 86.2 cm³/mol. The predicted octanol–water partition coefficient (Wildman–Crippen LogP) is 2.69. The van der Waals surface area contributed by atoms with Gasteiger partial charge in [-0.1, -0.05) is 24.3 Å². The summed E-state index contributed by atoms with van der Waals surface area (Å²) in [5.41, 5.74) is 0.597. The minimum absolute atomic E-state index is 0.0132. The first-order chi connectivity index (χ1) is 10.7. The van der Waals surface area contributed by atoms with Crippen LogP contribution in [0.2, 0.25) is 0 Å². The van der Waals surface area contributed by atoms with Crippen LogP contribution in [0, 0.1) is 5.92 Å². The van der Waals surface area contributed by atoms with Crippen molar-refractivity contribution in [3.63, 3.8) is 0 Å². The van der Waals surface area contributed by atoms with E-state index in [2.05, 4.69) is 0 Å². The second-order valence-corrected chi connectivity index (χ2v) is 5.84. The maximum Gasteiger partial charge on any atom is 0.257 e. The minimum atomic E-state index is -0.0132. The van der Waals surface area contributed by atoms with Crippen LogP contribution in [0.4, 0.5) is 0 Å². The molecule has 0 aromatic heterocycles. The molecule has 0 bridgehead atoms. The lowest BCUT2D eigenvalue weighted by Gasteiger charge is -2.32. The molecule has 0 spiro atoms. The number of methoxy groups -OCH3 is 1. The van der Waals surface area contributed by atoms with Crippen LogP contribution in [0.15, 0.2) is 36.4 Å². The molecule has 1 amide bonds. The number of hydrogen-bond donors (Lipinski definition) is 1. The molecule has 1 unspecified atom stereocenters. The SMILES string of the molecule is COc1cc2ccccc2cc1C(=O)N1CCCC(CO)C1. The Hall–Kier alpha value is -2.07. The van der Waals surface area contributed by atoms with Gasteiger partial charge in [-0.05, 0) is 41.7 Å². The number of fused-ring (bicyclic) bond motifs is 1. The molecule has 1 fully saturated rings. The normalized spacial score (nSPS) is 18.5. The number of hydrogen-bond acceptors (Lipinski definition) is 3. The molecular formula is C18H21NO3. The van der Waals surface area contributed by atoms with Gasteiger partial charge < -0.3 is 14.7 Å². The first-order valence-electron chi connectivity index (χ1n) is 7.70. The summed E-state index contributed by atoms with van der Waals surface area (Å²) >= 11 is 0. The van der Waals surface area contributed by atoms with E-state index in [4.69, 9.17) is 4.74 Å². The number of ether oxygens (including phenoxy) is 1. The van der Waals surface area contributed by atoms with Crippen molar-refractivity contribution in [2.24, 2.45) is 5.92 Å². The van der Waals surface area contributed by atoms with Crippen LogP contribution in [0.1, 0.15) is 23.2 Å². The summed E-state index contributed by atoms with van der Waals surface area (Å²) in [4.78, 5) is 14.7. The number of amides is 1.